The number of carbonyl (C=O) groups is 2. The lowest BCUT2D eigenvalue weighted by Gasteiger charge is -2.23. The second kappa shape index (κ2) is 5.14. The number of ether oxygens (including phenoxy) is 1. The highest BCUT2D eigenvalue weighted by molar-refractivity contribution is 6.00. The standard InChI is InChI=1S/C14H15NO4/c1-9-7-8-15(12(9)14(17)18)13(16)10-5-3-4-6-11(10)19-2/h3-7,12H,8H2,1-2H3,(H,17,18). The van der Waals surface area contributed by atoms with Crippen LogP contribution in [0.2, 0.25) is 0 Å². The second-order valence-electron chi connectivity index (χ2n) is 4.35. The van der Waals surface area contributed by atoms with E-state index in [4.69, 9.17) is 4.74 Å². The third kappa shape index (κ3) is 2.31. The molecule has 0 spiro atoms. The summed E-state index contributed by atoms with van der Waals surface area (Å²) >= 11 is 0. The van der Waals surface area contributed by atoms with Gasteiger partial charge in [-0.3, -0.25) is 4.79 Å². The van der Waals surface area contributed by atoms with Crippen LogP contribution in [0.1, 0.15) is 17.3 Å². The van der Waals surface area contributed by atoms with Gasteiger partial charge in [0.15, 0.2) is 6.04 Å². The zero-order valence-electron chi connectivity index (χ0n) is 10.8. The Kier molecular flexibility index (Phi) is 3.55. The van der Waals surface area contributed by atoms with Gasteiger partial charge in [0.1, 0.15) is 5.75 Å². The minimum Gasteiger partial charge on any atom is -0.496 e. The maximum Gasteiger partial charge on any atom is 0.330 e. The van der Waals surface area contributed by atoms with E-state index >= 15 is 0 Å². The summed E-state index contributed by atoms with van der Waals surface area (Å²) in [6, 6.07) is 5.91. The molecule has 19 heavy (non-hydrogen) atoms. The van der Waals surface area contributed by atoms with Gasteiger partial charge < -0.3 is 14.7 Å². The van der Waals surface area contributed by atoms with E-state index in [1.807, 2.05) is 0 Å². The van der Waals surface area contributed by atoms with Crippen molar-refractivity contribution in [3.8, 4) is 5.75 Å². The summed E-state index contributed by atoms with van der Waals surface area (Å²) in [4.78, 5) is 25.0. The van der Waals surface area contributed by atoms with E-state index in [0.29, 0.717) is 23.4 Å². The largest absolute Gasteiger partial charge is 0.496 e. The van der Waals surface area contributed by atoms with Gasteiger partial charge in [-0.25, -0.2) is 4.79 Å². The van der Waals surface area contributed by atoms with Crippen LogP contribution in [0, 0.1) is 0 Å². The smallest absolute Gasteiger partial charge is 0.330 e. The van der Waals surface area contributed by atoms with Crippen LogP contribution in [-0.2, 0) is 4.79 Å². The van der Waals surface area contributed by atoms with Gasteiger partial charge in [0, 0.05) is 6.54 Å². The first-order valence-electron chi connectivity index (χ1n) is 5.89. The summed E-state index contributed by atoms with van der Waals surface area (Å²) in [7, 11) is 1.48. The maximum absolute atomic E-state index is 12.4. The molecule has 0 saturated carbocycles. The molecule has 1 aliphatic rings. The summed E-state index contributed by atoms with van der Waals surface area (Å²) < 4.78 is 5.14. The molecule has 1 N–H and O–H groups in total. The Bertz CT molecular complexity index is 550. The normalized spacial score (nSPS) is 18.1. The lowest BCUT2D eigenvalue weighted by molar-refractivity contribution is -0.140. The van der Waals surface area contributed by atoms with E-state index in [1.165, 1.54) is 12.0 Å². The van der Waals surface area contributed by atoms with E-state index in [-0.39, 0.29) is 5.91 Å². The molecule has 0 aromatic heterocycles. The zero-order chi connectivity index (χ0) is 14.0. The molecule has 0 fully saturated rings. The minimum atomic E-state index is -1.02. The van der Waals surface area contributed by atoms with Crippen molar-refractivity contribution in [2.75, 3.05) is 13.7 Å². The molecule has 1 aromatic carbocycles. The number of para-hydroxylation sites is 1. The van der Waals surface area contributed by atoms with Crippen molar-refractivity contribution in [1.29, 1.82) is 0 Å². The monoisotopic (exact) mass is 261 g/mol. The Morgan fingerprint density at radius 1 is 1.37 bits per heavy atom. The highest BCUT2D eigenvalue weighted by Crippen LogP contribution is 2.25. The number of carboxylic acid groups (broad SMARTS) is 1. The number of carboxylic acids is 1. The van der Waals surface area contributed by atoms with Gasteiger partial charge in [0.05, 0.1) is 12.7 Å². The summed E-state index contributed by atoms with van der Waals surface area (Å²) in [6.07, 6.45) is 1.76. The maximum atomic E-state index is 12.4. The van der Waals surface area contributed by atoms with Gasteiger partial charge in [0.2, 0.25) is 0 Å². The molecule has 1 atom stereocenters. The molecular formula is C14H15NO4. The molecule has 0 saturated heterocycles. The fourth-order valence-corrected chi connectivity index (χ4v) is 2.21. The molecule has 0 aliphatic carbocycles. The van der Waals surface area contributed by atoms with Gasteiger partial charge in [-0.1, -0.05) is 18.2 Å². The minimum absolute atomic E-state index is 0.305. The van der Waals surface area contributed by atoms with Crippen molar-refractivity contribution in [2.24, 2.45) is 0 Å². The topological polar surface area (TPSA) is 66.8 Å². The van der Waals surface area contributed by atoms with Crippen LogP contribution in [0.4, 0.5) is 0 Å². The third-order valence-electron chi connectivity index (χ3n) is 3.19. The molecule has 0 bridgehead atoms. The third-order valence-corrected chi connectivity index (χ3v) is 3.19. The first kappa shape index (κ1) is 13.1. The van der Waals surface area contributed by atoms with Crippen LogP contribution in [0.25, 0.3) is 0 Å². The predicted molar refractivity (Wildman–Crippen MR) is 69.2 cm³/mol. The molecule has 5 heteroatoms. The van der Waals surface area contributed by atoms with Crippen LogP contribution < -0.4 is 4.74 Å². The molecule has 5 nitrogen and oxygen atoms in total. The molecule has 2 rings (SSSR count). The van der Waals surface area contributed by atoms with Gasteiger partial charge in [0.25, 0.3) is 5.91 Å². The molecule has 1 aliphatic heterocycles. The quantitative estimate of drug-likeness (QED) is 0.838. The zero-order valence-corrected chi connectivity index (χ0v) is 10.8. The van der Waals surface area contributed by atoms with Crippen LogP contribution in [-0.4, -0.2) is 41.6 Å². The van der Waals surface area contributed by atoms with E-state index in [1.54, 1.807) is 37.3 Å². The van der Waals surface area contributed by atoms with Crippen molar-refractivity contribution in [3.63, 3.8) is 0 Å². The molecule has 1 unspecified atom stereocenters. The molecular weight excluding hydrogens is 246 g/mol. The van der Waals surface area contributed by atoms with E-state index in [9.17, 15) is 14.7 Å². The molecule has 100 valence electrons. The van der Waals surface area contributed by atoms with Crippen LogP contribution >= 0.6 is 0 Å². The Morgan fingerprint density at radius 3 is 2.68 bits per heavy atom. The first-order chi connectivity index (χ1) is 9.06. The Hall–Kier alpha value is -2.30. The predicted octanol–water partition coefficient (Wildman–Crippen LogP) is 1.55. The Balaban J connectivity index is 2.32. The molecule has 1 aromatic rings. The van der Waals surface area contributed by atoms with Crippen molar-refractivity contribution >= 4 is 11.9 Å². The summed E-state index contributed by atoms with van der Waals surface area (Å²) in [5, 5.41) is 9.21. The van der Waals surface area contributed by atoms with E-state index < -0.39 is 12.0 Å². The van der Waals surface area contributed by atoms with Gasteiger partial charge in [-0.15, -0.1) is 0 Å². The van der Waals surface area contributed by atoms with Gasteiger partial charge >= 0.3 is 5.97 Å². The summed E-state index contributed by atoms with van der Waals surface area (Å²) in [6.45, 7) is 2.02. The van der Waals surface area contributed by atoms with Crippen molar-refractivity contribution in [1.82, 2.24) is 4.90 Å². The molecule has 1 amide bonds. The van der Waals surface area contributed by atoms with Crippen LogP contribution in [0.5, 0.6) is 5.75 Å². The van der Waals surface area contributed by atoms with Crippen LogP contribution in [0.3, 0.4) is 0 Å². The Labute approximate surface area is 111 Å². The number of benzene rings is 1. The van der Waals surface area contributed by atoms with Gasteiger partial charge in [-0.05, 0) is 24.6 Å². The number of rotatable bonds is 3. The first-order valence-corrected chi connectivity index (χ1v) is 5.89. The average Bonchev–Trinajstić information content (AvgIpc) is 2.79. The number of amides is 1. The SMILES string of the molecule is COc1ccccc1C(=O)N1CC=C(C)C1C(=O)O. The fraction of sp³-hybridized carbons (Fsp3) is 0.286. The lowest BCUT2D eigenvalue weighted by Crippen LogP contribution is -2.42. The van der Waals surface area contributed by atoms with Gasteiger partial charge in [-0.2, -0.15) is 0 Å². The second-order valence-corrected chi connectivity index (χ2v) is 4.35. The molecule has 0 radical (unpaired) electrons. The number of hydrogen-bond donors (Lipinski definition) is 1. The number of carbonyl (C=O) groups excluding carboxylic acids is 1. The number of aliphatic carboxylic acids is 1. The lowest BCUT2D eigenvalue weighted by atomic mass is 10.1. The summed E-state index contributed by atoms with van der Waals surface area (Å²) in [5.41, 5.74) is 1.05. The number of methoxy groups -OCH3 is 1. The molecule has 1 heterocycles. The Morgan fingerprint density at radius 2 is 2.05 bits per heavy atom. The summed E-state index contributed by atoms with van der Waals surface area (Å²) in [5.74, 6) is -0.909. The number of nitrogens with zero attached hydrogens (tertiary/aromatic N) is 1. The van der Waals surface area contributed by atoms with E-state index in [0.717, 1.165) is 0 Å². The van der Waals surface area contributed by atoms with Crippen molar-refractivity contribution < 1.29 is 19.4 Å². The highest BCUT2D eigenvalue weighted by atomic mass is 16.5. The number of hydrogen-bond acceptors (Lipinski definition) is 3. The van der Waals surface area contributed by atoms with Crippen molar-refractivity contribution in [2.45, 2.75) is 13.0 Å². The van der Waals surface area contributed by atoms with E-state index in [2.05, 4.69) is 0 Å². The van der Waals surface area contributed by atoms with Crippen LogP contribution in [0.15, 0.2) is 35.9 Å². The highest BCUT2D eigenvalue weighted by Gasteiger charge is 2.35. The average molecular weight is 261 g/mol. The van der Waals surface area contributed by atoms with Crippen molar-refractivity contribution in [3.05, 3.63) is 41.5 Å². The fourth-order valence-electron chi connectivity index (χ4n) is 2.21.